The highest BCUT2D eigenvalue weighted by molar-refractivity contribution is 7.12. The summed E-state index contributed by atoms with van der Waals surface area (Å²) in [6, 6.07) is 1.38. The summed E-state index contributed by atoms with van der Waals surface area (Å²) < 4.78 is 34.2. The minimum absolute atomic E-state index is 0.0800. The van der Waals surface area contributed by atoms with Gasteiger partial charge in [-0.15, -0.1) is 11.3 Å². The zero-order valence-corrected chi connectivity index (χ0v) is 13.2. The Morgan fingerprint density at radius 2 is 2.23 bits per heavy atom. The van der Waals surface area contributed by atoms with Gasteiger partial charge in [0.25, 0.3) is 5.91 Å². The van der Waals surface area contributed by atoms with Gasteiger partial charge in [0.15, 0.2) is 0 Å². The highest BCUT2D eigenvalue weighted by atomic mass is 32.1. The predicted molar refractivity (Wildman–Crippen MR) is 79.7 cm³/mol. The zero-order chi connectivity index (χ0) is 16.0. The average Bonchev–Trinajstić information content (AvgIpc) is 2.93. The number of alkyl halides is 2. The smallest absolute Gasteiger partial charge is 0.387 e. The molecule has 1 saturated heterocycles. The lowest BCUT2D eigenvalue weighted by Crippen LogP contribution is -2.47. The van der Waals surface area contributed by atoms with Crippen LogP contribution in [0, 0.1) is 5.41 Å². The van der Waals surface area contributed by atoms with Crippen LogP contribution in [0.15, 0.2) is 11.4 Å². The van der Waals surface area contributed by atoms with Crippen molar-refractivity contribution >= 4 is 17.2 Å². The number of piperidine rings is 1. The van der Waals surface area contributed by atoms with Crippen LogP contribution < -0.4 is 15.4 Å². The van der Waals surface area contributed by atoms with Crippen molar-refractivity contribution in [2.24, 2.45) is 5.41 Å². The summed E-state index contributed by atoms with van der Waals surface area (Å²) in [6.07, 6.45) is 1.79. The molecule has 0 aliphatic carbocycles. The Bertz CT molecular complexity index is 485. The van der Waals surface area contributed by atoms with E-state index in [1.807, 2.05) is 0 Å². The van der Waals surface area contributed by atoms with Crippen molar-refractivity contribution in [2.75, 3.05) is 33.4 Å². The molecule has 1 aliphatic heterocycles. The molecule has 0 aromatic carbocycles. The largest absolute Gasteiger partial charge is 0.433 e. The Labute approximate surface area is 132 Å². The second-order valence-corrected chi connectivity index (χ2v) is 6.27. The van der Waals surface area contributed by atoms with Gasteiger partial charge >= 0.3 is 6.61 Å². The number of carbonyl (C=O) groups excluding carboxylic acids is 1. The third-order valence-electron chi connectivity index (χ3n) is 3.79. The molecule has 1 aromatic rings. The van der Waals surface area contributed by atoms with E-state index in [0.29, 0.717) is 13.2 Å². The van der Waals surface area contributed by atoms with Crippen molar-refractivity contribution in [3.05, 3.63) is 16.3 Å². The molecule has 0 unspecified atom stereocenters. The number of thiophene rings is 1. The molecular weight excluding hydrogens is 314 g/mol. The van der Waals surface area contributed by atoms with Crippen molar-refractivity contribution in [3.8, 4) is 5.75 Å². The Morgan fingerprint density at radius 3 is 2.86 bits per heavy atom. The maximum Gasteiger partial charge on any atom is 0.387 e. The first-order chi connectivity index (χ1) is 10.6. The quantitative estimate of drug-likeness (QED) is 0.802. The molecule has 124 valence electrons. The summed E-state index contributed by atoms with van der Waals surface area (Å²) >= 11 is 1.08. The van der Waals surface area contributed by atoms with E-state index in [0.717, 1.165) is 37.3 Å². The van der Waals surface area contributed by atoms with E-state index < -0.39 is 6.61 Å². The van der Waals surface area contributed by atoms with Crippen LogP contribution in [0.4, 0.5) is 8.78 Å². The van der Waals surface area contributed by atoms with Gasteiger partial charge in [-0.2, -0.15) is 8.78 Å². The number of amides is 1. The number of ether oxygens (including phenoxy) is 2. The molecule has 22 heavy (non-hydrogen) atoms. The van der Waals surface area contributed by atoms with E-state index in [1.165, 1.54) is 6.07 Å². The number of rotatable bonds is 7. The molecule has 8 heteroatoms. The molecule has 1 amide bonds. The SMILES string of the molecule is COCC1(CNC(=O)c2sccc2OC(F)F)CCNCC1. The number of hydrogen-bond donors (Lipinski definition) is 2. The maximum atomic E-state index is 12.3. The summed E-state index contributed by atoms with van der Waals surface area (Å²) in [5.41, 5.74) is -0.114. The van der Waals surface area contributed by atoms with E-state index in [2.05, 4.69) is 15.4 Å². The molecule has 0 radical (unpaired) electrons. The summed E-state index contributed by atoms with van der Waals surface area (Å²) in [5, 5.41) is 7.66. The van der Waals surface area contributed by atoms with Gasteiger partial charge < -0.3 is 20.1 Å². The van der Waals surface area contributed by atoms with Crippen LogP contribution in [0.5, 0.6) is 5.75 Å². The number of methoxy groups -OCH3 is 1. The number of nitrogens with one attached hydrogen (secondary N) is 2. The first-order valence-electron chi connectivity index (χ1n) is 7.06. The summed E-state index contributed by atoms with van der Waals surface area (Å²) in [5.74, 6) is -0.469. The molecule has 0 bridgehead atoms. The molecular formula is C14H20F2N2O3S. The monoisotopic (exact) mass is 334 g/mol. The summed E-state index contributed by atoms with van der Waals surface area (Å²) in [7, 11) is 1.64. The first-order valence-corrected chi connectivity index (χ1v) is 7.94. The fourth-order valence-corrected chi connectivity index (χ4v) is 3.37. The van der Waals surface area contributed by atoms with Crippen LogP contribution in [-0.4, -0.2) is 45.9 Å². The van der Waals surface area contributed by atoms with E-state index in [1.54, 1.807) is 12.5 Å². The molecule has 1 fully saturated rings. The number of hydrogen-bond acceptors (Lipinski definition) is 5. The molecule has 2 heterocycles. The Kier molecular flexibility index (Phi) is 6.10. The van der Waals surface area contributed by atoms with Crippen LogP contribution in [0.2, 0.25) is 0 Å². The fourth-order valence-electron chi connectivity index (χ4n) is 2.64. The van der Waals surface area contributed by atoms with E-state index in [4.69, 9.17) is 4.74 Å². The third-order valence-corrected chi connectivity index (χ3v) is 4.68. The Balaban J connectivity index is 1.97. The summed E-state index contributed by atoms with van der Waals surface area (Å²) in [4.78, 5) is 12.4. The van der Waals surface area contributed by atoms with Crippen molar-refractivity contribution in [3.63, 3.8) is 0 Å². The normalized spacial score (nSPS) is 17.5. The molecule has 0 spiro atoms. The zero-order valence-electron chi connectivity index (χ0n) is 12.4. The highest BCUT2D eigenvalue weighted by Crippen LogP contribution is 2.30. The van der Waals surface area contributed by atoms with Gasteiger partial charge in [0.1, 0.15) is 10.6 Å². The van der Waals surface area contributed by atoms with Gasteiger partial charge in [0.2, 0.25) is 0 Å². The van der Waals surface area contributed by atoms with E-state index >= 15 is 0 Å². The maximum absolute atomic E-state index is 12.3. The molecule has 1 aromatic heterocycles. The van der Waals surface area contributed by atoms with Gasteiger partial charge in [0.05, 0.1) is 6.61 Å². The van der Waals surface area contributed by atoms with Gasteiger partial charge in [-0.3, -0.25) is 4.79 Å². The molecule has 0 atom stereocenters. The minimum atomic E-state index is -2.94. The average molecular weight is 334 g/mol. The van der Waals surface area contributed by atoms with Crippen LogP contribution in [-0.2, 0) is 4.74 Å². The lowest BCUT2D eigenvalue weighted by atomic mass is 9.79. The van der Waals surface area contributed by atoms with Gasteiger partial charge in [-0.1, -0.05) is 0 Å². The van der Waals surface area contributed by atoms with Crippen molar-refractivity contribution in [1.29, 1.82) is 0 Å². The highest BCUT2D eigenvalue weighted by Gasteiger charge is 2.33. The van der Waals surface area contributed by atoms with Crippen LogP contribution in [0.3, 0.4) is 0 Å². The van der Waals surface area contributed by atoms with E-state index in [-0.39, 0.29) is 21.9 Å². The molecule has 2 rings (SSSR count). The van der Waals surface area contributed by atoms with Gasteiger partial charge in [0, 0.05) is 19.1 Å². The second-order valence-electron chi connectivity index (χ2n) is 5.36. The third kappa shape index (κ3) is 4.37. The second kappa shape index (κ2) is 7.85. The summed E-state index contributed by atoms with van der Waals surface area (Å²) in [6.45, 7) is -0.186. The molecule has 0 saturated carbocycles. The van der Waals surface area contributed by atoms with Crippen LogP contribution >= 0.6 is 11.3 Å². The first kappa shape index (κ1) is 17.1. The van der Waals surface area contributed by atoms with Gasteiger partial charge in [-0.25, -0.2) is 0 Å². The minimum Gasteiger partial charge on any atom is -0.433 e. The predicted octanol–water partition coefficient (Wildman–Crippen LogP) is 2.10. The standard InChI is InChI=1S/C14H20F2N2O3S/c1-20-9-14(3-5-17-6-4-14)8-18-12(19)11-10(2-7-22-11)21-13(15)16/h2,7,13,17H,3-6,8-9H2,1H3,(H,18,19). The molecule has 1 aliphatic rings. The van der Waals surface area contributed by atoms with Gasteiger partial charge in [-0.05, 0) is 37.4 Å². The van der Waals surface area contributed by atoms with Crippen molar-refractivity contribution in [1.82, 2.24) is 10.6 Å². The lowest BCUT2D eigenvalue weighted by molar-refractivity contribution is -0.0498. The molecule has 2 N–H and O–H groups in total. The van der Waals surface area contributed by atoms with Crippen LogP contribution in [0.1, 0.15) is 22.5 Å². The van der Waals surface area contributed by atoms with Crippen molar-refractivity contribution < 1.29 is 23.0 Å². The lowest BCUT2D eigenvalue weighted by Gasteiger charge is -2.37. The fraction of sp³-hybridized carbons (Fsp3) is 0.643. The van der Waals surface area contributed by atoms with Crippen molar-refractivity contribution in [2.45, 2.75) is 19.5 Å². The number of carbonyl (C=O) groups is 1. The topological polar surface area (TPSA) is 59.6 Å². The Hall–Kier alpha value is -1.25. The van der Waals surface area contributed by atoms with E-state index in [9.17, 15) is 13.6 Å². The molecule has 5 nitrogen and oxygen atoms in total. The Morgan fingerprint density at radius 1 is 1.50 bits per heavy atom. The van der Waals surface area contributed by atoms with Crippen LogP contribution in [0.25, 0.3) is 0 Å². The number of halogens is 2.